The first-order valence-corrected chi connectivity index (χ1v) is 6.78. The Morgan fingerprint density at radius 1 is 1.45 bits per heavy atom. The predicted octanol–water partition coefficient (Wildman–Crippen LogP) is 0.666. The Morgan fingerprint density at radius 3 is 2.64 bits per heavy atom. The Labute approximate surface area is 127 Å². The minimum absolute atomic E-state index is 0.318. The lowest BCUT2D eigenvalue weighted by Gasteiger charge is -2.22. The smallest absolute Gasteiger partial charge is 0.405 e. The average molecular weight is 305 g/mol. The van der Waals surface area contributed by atoms with Crippen molar-refractivity contribution in [3.8, 4) is 5.95 Å². The Bertz CT molecular complexity index is 652. The van der Waals surface area contributed by atoms with Gasteiger partial charge in [-0.15, -0.1) is 5.10 Å². The second-order valence-corrected chi connectivity index (χ2v) is 5.63. The van der Waals surface area contributed by atoms with Crippen molar-refractivity contribution in [3.05, 3.63) is 30.1 Å². The molecule has 0 aliphatic rings. The third-order valence-corrected chi connectivity index (χ3v) is 2.87. The molecule has 0 bridgehead atoms. The summed E-state index contributed by atoms with van der Waals surface area (Å²) < 4.78 is 1.48. The van der Waals surface area contributed by atoms with Gasteiger partial charge in [0.2, 0.25) is 0 Å². The van der Waals surface area contributed by atoms with Crippen molar-refractivity contribution < 1.29 is 9.90 Å². The van der Waals surface area contributed by atoms with Crippen LogP contribution in [0.1, 0.15) is 38.5 Å². The second kappa shape index (κ2) is 6.06. The highest BCUT2D eigenvalue weighted by molar-refractivity contribution is 5.65. The molecule has 2 aromatic heterocycles. The first-order chi connectivity index (χ1) is 10.3. The molecule has 1 unspecified atom stereocenters. The molecule has 4 N–H and O–H groups in total. The van der Waals surface area contributed by atoms with Crippen molar-refractivity contribution in [2.75, 3.05) is 0 Å². The van der Waals surface area contributed by atoms with Gasteiger partial charge in [-0.25, -0.2) is 19.7 Å². The van der Waals surface area contributed by atoms with Crippen LogP contribution in [0.25, 0.3) is 5.95 Å². The SMILES string of the molecule is CC(N)c1nc(CC(C)(C)NC(=O)O)nn1-c1ncccn1. The number of carboxylic acid groups (broad SMARTS) is 1. The lowest BCUT2D eigenvalue weighted by Crippen LogP contribution is -2.44. The van der Waals surface area contributed by atoms with Gasteiger partial charge < -0.3 is 16.2 Å². The number of rotatable bonds is 5. The van der Waals surface area contributed by atoms with E-state index in [1.165, 1.54) is 4.68 Å². The van der Waals surface area contributed by atoms with E-state index in [0.29, 0.717) is 24.0 Å². The van der Waals surface area contributed by atoms with Crippen LogP contribution in [0, 0.1) is 0 Å². The Balaban J connectivity index is 2.34. The van der Waals surface area contributed by atoms with Gasteiger partial charge in [0.15, 0.2) is 11.6 Å². The minimum atomic E-state index is -1.09. The van der Waals surface area contributed by atoms with E-state index in [9.17, 15) is 4.79 Å². The zero-order chi connectivity index (χ0) is 16.3. The van der Waals surface area contributed by atoms with E-state index in [1.807, 2.05) is 0 Å². The topological polar surface area (TPSA) is 132 Å². The molecule has 2 rings (SSSR count). The molecule has 2 heterocycles. The van der Waals surface area contributed by atoms with Gasteiger partial charge in [0.1, 0.15) is 0 Å². The van der Waals surface area contributed by atoms with Gasteiger partial charge in [-0.3, -0.25) is 0 Å². The third-order valence-electron chi connectivity index (χ3n) is 2.87. The Hall–Kier alpha value is -2.55. The van der Waals surface area contributed by atoms with Crippen LogP contribution in [0.5, 0.6) is 0 Å². The van der Waals surface area contributed by atoms with Gasteiger partial charge in [0.05, 0.1) is 6.04 Å². The van der Waals surface area contributed by atoms with Gasteiger partial charge in [-0.1, -0.05) is 0 Å². The summed E-state index contributed by atoms with van der Waals surface area (Å²) in [6, 6.07) is 1.34. The second-order valence-electron chi connectivity index (χ2n) is 5.63. The van der Waals surface area contributed by atoms with Crippen LogP contribution in [0.4, 0.5) is 4.79 Å². The largest absolute Gasteiger partial charge is 0.465 e. The molecular formula is C13H19N7O2. The first-order valence-electron chi connectivity index (χ1n) is 6.78. The van der Waals surface area contributed by atoms with Crippen LogP contribution in [0.15, 0.2) is 18.5 Å². The summed E-state index contributed by atoms with van der Waals surface area (Å²) >= 11 is 0. The summed E-state index contributed by atoms with van der Waals surface area (Å²) in [6.07, 6.45) is 2.43. The number of carbonyl (C=O) groups is 1. The van der Waals surface area contributed by atoms with Gasteiger partial charge in [0.25, 0.3) is 5.95 Å². The summed E-state index contributed by atoms with van der Waals surface area (Å²) in [6.45, 7) is 5.30. The lowest BCUT2D eigenvalue weighted by atomic mass is 10.0. The van der Waals surface area contributed by atoms with E-state index < -0.39 is 11.6 Å². The summed E-state index contributed by atoms with van der Waals surface area (Å²) in [5.41, 5.74) is 5.22. The van der Waals surface area contributed by atoms with Crippen molar-refractivity contribution in [2.45, 2.75) is 38.8 Å². The molecule has 9 heteroatoms. The van der Waals surface area contributed by atoms with E-state index in [-0.39, 0.29) is 6.04 Å². The molecule has 0 saturated carbocycles. The van der Waals surface area contributed by atoms with E-state index in [0.717, 1.165) is 0 Å². The van der Waals surface area contributed by atoms with Gasteiger partial charge >= 0.3 is 6.09 Å². The molecule has 0 aliphatic heterocycles. The summed E-state index contributed by atoms with van der Waals surface area (Å²) in [7, 11) is 0. The van der Waals surface area contributed by atoms with Crippen molar-refractivity contribution in [1.82, 2.24) is 30.0 Å². The summed E-state index contributed by atoms with van der Waals surface area (Å²) in [5.74, 6) is 1.36. The zero-order valence-corrected chi connectivity index (χ0v) is 12.7. The maximum Gasteiger partial charge on any atom is 0.405 e. The molecule has 1 amide bonds. The predicted molar refractivity (Wildman–Crippen MR) is 78.5 cm³/mol. The molecule has 22 heavy (non-hydrogen) atoms. The van der Waals surface area contributed by atoms with Crippen molar-refractivity contribution in [2.24, 2.45) is 5.73 Å². The Morgan fingerprint density at radius 2 is 2.09 bits per heavy atom. The number of nitrogens with one attached hydrogen (secondary N) is 1. The number of hydrogen-bond donors (Lipinski definition) is 3. The highest BCUT2D eigenvalue weighted by Gasteiger charge is 2.25. The standard InChI is InChI=1S/C13H19N7O2/c1-8(14)10-17-9(7-13(2,3)18-12(21)22)19-20(10)11-15-5-4-6-16-11/h4-6,8,18H,7,14H2,1-3H3,(H,21,22). The fourth-order valence-electron chi connectivity index (χ4n) is 2.01. The molecule has 0 aliphatic carbocycles. The van der Waals surface area contributed by atoms with Crippen LogP contribution in [0.2, 0.25) is 0 Å². The highest BCUT2D eigenvalue weighted by Crippen LogP contribution is 2.15. The van der Waals surface area contributed by atoms with Gasteiger partial charge in [0, 0.05) is 24.4 Å². The molecular weight excluding hydrogens is 286 g/mol. The van der Waals surface area contributed by atoms with Crippen LogP contribution < -0.4 is 11.1 Å². The fourth-order valence-corrected chi connectivity index (χ4v) is 2.01. The molecule has 0 saturated heterocycles. The molecule has 0 spiro atoms. The number of nitrogens with two attached hydrogens (primary N) is 1. The summed E-state index contributed by atoms with van der Waals surface area (Å²) in [5, 5.41) is 15.6. The average Bonchev–Trinajstić information content (AvgIpc) is 2.81. The quantitative estimate of drug-likeness (QED) is 0.739. The van der Waals surface area contributed by atoms with E-state index in [1.54, 1.807) is 39.2 Å². The monoisotopic (exact) mass is 305 g/mol. The van der Waals surface area contributed by atoms with Gasteiger partial charge in [-0.05, 0) is 26.8 Å². The van der Waals surface area contributed by atoms with Crippen molar-refractivity contribution in [3.63, 3.8) is 0 Å². The summed E-state index contributed by atoms with van der Waals surface area (Å²) in [4.78, 5) is 23.5. The first kappa shape index (κ1) is 15.8. The van der Waals surface area contributed by atoms with Gasteiger partial charge in [-0.2, -0.15) is 4.68 Å². The van der Waals surface area contributed by atoms with E-state index >= 15 is 0 Å². The van der Waals surface area contributed by atoms with Crippen LogP contribution in [-0.2, 0) is 6.42 Å². The highest BCUT2D eigenvalue weighted by atomic mass is 16.4. The molecule has 0 aromatic carbocycles. The Kier molecular flexibility index (Phi) is 4.36. The van der Waals surface area contributed by atoms with E-state index in [2.05, 4.69) is 25.4 Å². The van der Waals surface area contributed by atoms with Crippen LogP contribution in [0.3, 0.4) is 0 Å². The molecule has 0 fully saturated rings. The third kappa shape index (κ3) is 3.76. The van der Waals surface area contributed by atoms with Crippen LogP contribution in [-0.4, -0.2) is 41.5 Å². The maximum absolute atomic E-state index is 10.8. The number of aromatic nitrogens is 5. The zero-order valence-electron chi connectivity index (χ0n) is 12.7. The van der Waals surface area contributed by atoms with Crippen molar-refractivity contribution in [1.29, 1.82) is 0 Å². The molecule has 1 atom stereocenters. The van der Waals surface area contributed by atoms with Crippen LogP contribution >= 0.6 is 0 Å². The fraction of sp³-hybridized carbons (Fsp3) is 0.462. The van der Waals surface area contributed by atoms with Crippen molar-refractivity contribution >= 4 is 6.09 Å². The normalized spacial score (nSPS) is 12.9. The number of nitrogens with zero attached hydrogens (tertiary/aromatic N) is 5. The molecule has 0 radical (unpaired) electrons. The maximum atomic E-state index is 10.8. The number of hydrogen-bond acceptors (Lipinski definition) is 6. The molecule has 2 aromatic rings. The lowest BCUT2D eigenvalue weighted by molar-refractivity contribution is 0.182. The van der Waals surface area contributed by atoms with E-state index in [4.69, 9.17) is 10.8 Å². The molecule has 118 valence electrons. The molecule has 9 nitrogen and oxygen atoms in total. The minimum Gasteiger partial charge on any atom is -0.465 e. The number of amides is 1.